The SMILES string of the molecule is N#Cc1ccc(C2=Cc3c(-c4ccccc4)nc4cc(-c5c(N)cc(C#N)cc5N)ccc4c3C(=N)/C2=N\S)cc1. The summed E-state index contributed by atoms with van der Waals surface area (Å²) in [4.78, 5) is 5.10. The number of nitrogens with one attached hydrogen (secondary N) is 1. The highest BCUT2D eigenvalue weighted by atomic mass is 32.1. The molecule has 0 bridgehead atoms. The van der Waals surface area contributed by atoms with E-state index in [1.165, 1.54) is 0 Å². The average molecular weight is 548 g/mol. The van der Waals surface area contributed by atoms with Gasteiger partial charge in [0.15, 0.2) is 0 Å². The molecule has 8 heteroatoms. The van der Waals surface area contributed by atoms with Crippen LogP contribution in [0.4, 0.5) is 11.4 Å². The maximum absolute atomic E-state index is 9.30. The van der Waals surface area contributed by atoms with Crippen LogP contribution in [-0.4, -0.2) is 16.4 Å². The molecule has 0 atom stereocenters. The summed E-state index contributed by atoms with van der Waals surface area (Å²) in [6, 6.07) is 30.1. The third kappa shape index (κ3) is 4.29. The van der Waals surface area contributed by atoms with Gasteiger partial charge in [-0.2, -0.15) is 10.5 Å². The number of nitrogens with two attached hydrogens (primary N) is 2. The molecule has 0 saturated heterocycles. The molecule has 1 heterocycles. The largest absolute Gasteiger partial charge is 0.398 e. The number of nitriles is 2. The van der Waals surface area contributed by atoms with Crippen LogP contribution in [0, 0.1) is 28.1 Å². The van der Waals surface area contributed by atoms with Gasteiger partial charge in [0.25, 0.3) is 0 Å². The molecule has 1 aliphatic carbocycles. The fourth-order valence-electron chi connectivity index (χ4n) is 5.26. The topological polar surface area (TPSA) is 149 Å². The lowest BCUT2D eigenvalue weighted by atomic mass is 9.82. The van der Waals surface area contributed by atoms with E-state index in [0.29, 0.717) is 50.6 Å². The lowest BCUT2D eigenvalue weighted by Crippen LogP contribution is -2.22. The zero-order valence-electron chi connectivity index (χ0n) is 21.6. The number of rotatable bonds is 3. The molecule has 0 amide bonds. The number of allylic oxidation sites excluding steroid dienone is 1. The Labute approximate surface area is 241 Å². The smallest absolute Gasteiger partial charge is 0.104 e. The first-order valence-electron chi connectivity index (χ1n) is 12.6. The van der Waals surface area contributed by atoms with Crippen molar-refractivity contribution in [2.75, 3.05) is 11.5 Å². The van der Waals surface area contributed by atoms with E-state index in [1.54, 1.807) is 24.3 Å². The highest BCUT2D eigenvalue weighted by Crippen LogP contribution is 2.40. The lowest BCUT2D eigenvalue weighted by molar-refractivity contribution is 1.37. The predicted octanol–water partition coefficient (Wildman–Crippen LogP) is 6.68. The van der Waals surface area contributed by atoms with Gasteiger partial charge in [0.05, 0.1) is 40.2 Å². The summed E-state index contributed by atoms with van der Waals surface area (Å²) >= 11 is 4.24. The molecule has 4 aromatic carbocycles. The third-order valence-corrected chi connectivity index (χ3v) is 7.34. The standard InChI is InChI=1S/C33H21N7S/c34-16-18-6-8-20(9-7-18)24-15-25-30(31(38)33(24)40-41)23-11-10-22(29-26(36)12-19(17-35)13-27(29)37)14-28(23)39-32(25)21-4-2-1-3-5-21/h1-15,38,41H,36-37H2/b38-31?,40-33-. The summed E-state index contributed by atoms with van der Waals surface area (Å²) in [5.74, 6) is 0. The fourth-order valence-corrected chi connectivity index (χ4v) is 5.47. The summed E-state index contributed by atoms with van der Waals surface area (Å²) < 4.78 is 4.22. The van der Waals surface area contributed by atoms with Crippen molar-refractivity contribution in [1.29, 1.82) is 15.9 Å². The zero-order chi connectivity index (χ0) is 28.7. The molecule has 0 unspecified atom stereocenters. The molecule has 5 aromatic rings. The van der Waals surface area contributed by atoms with Crippen LogP contribution >= 0.6 is 12.8 Å². The molecule has 0 saturated carbocycles. The quantitative estimate of drug-likeness (QED) is 0.147. The number of pyridine rings is 1. The first kappa shape index (κ1) is 25.6. The molecular formula is C33H21N7S. The minimum absolute atomic E-state index is 0.214. The van der Waals surface area contributed by atoms with E-state index in [0.717, 1.165) is 33.2 Å². The number of hydrogen-bond donors (Lipinski definition) is 4. The average Bonchev–Trinajstić information content (AvgIpc) is 3.00. The van der Waals surface area contributed by atoms with Gasteiger partial charge in [-0.1, -0.05) is 54.6 Å². The zero-order valence-corrected chi connectivity index (χ0v) is 22.4. The maximum atomic E-state index is 9.30. The maximum Gasteiger partial charge on any atom is 0.104 e. The Morgan fingerprint density at radius 1 is 0.756 bits per heavy atom. The van der Waals surface area contributed by atoms with Gasteiger partial charge in [0.1, 0.15) is 5.71 Å². The number of anilines is 2. The molecule has 0 spiro atoms. The number of thiol groups is 1. The highest BCUT2D eigenvalue weighted by Gasteiger charge is 2.29. The summed E-state index contributed by atoms with van der Waals surface area (Å²) in [7, 11) is 0. The van der Waals surface area contributed by atoms with E-state index in [9.17, 15) is 15.9 Å². The monoisotopic (exact) mass is 547 g/mol. The van der Waals surface area contributed by atoms with Crippen LogP contribution in [0.2, 0.25) is 0 Å². The van der Waals surface area contributed by atoms with Crippen molar-refractivity contribution in [3.63, 3.8) is 0 Å². The van der Waals surface area contributed by atoms with Crippen LogP contribution in [-0.2, 0) is 0 Å². The minimum Gasteiger partial charge on any atom is -0.398 e. The Morgan fingerprint density at radius 3 is 2.05 bits per heavy atom. The summed E-state index contributed by atoms with van der Waals surface area (Å²) in [6.45, 7) is 0. The molecule has 0 fully saturated rings. The van der Waals surface area contributed by atoms with E-state index in [-0.39, 0.29) is 5.71 Å². The summed E-state index contributed by atoms with van der Waals surface area (Å²) in [6.07, 6.45) is 1.99. The van der Waals surface area contributed by atoms with Gasteiger partial charge in [-0.05, 0) is 60.3 Å². The third-order valence-electron chi connectivity index (χ3n) is 7.14. The van der Waals surface area contributed by atoms with Crippen molar-refractivity contribution in [1.82, 2.24) is 4.98 Å². The van der Waals surface area contributed by atoms with E-state index >= 15 is 0 Å². The van der Waals surface area contributed by atoms with Gasteiger partial charge in [-0.3, -0.25) is 5.41 Å². The van der Waals surface area contributed by atoms with Crippen LogP contribution < -0.4 is 11.5 Å². The van der Waals surface area contributed by atoms with E-state index in [4.69, 9.17) is 16.5 Å². The number of hydrogen-bond acceptors (Lipinski definition) is 8. The van der Waals surface area contributed by atoms with Gasteiger partial charge in [0, 0.05) is 44.6 Å². The number of nitrogens with zero attached hydrogens (tertiary/aromatic N) is 4. The Kier molecular flexibility index (Phi) is 6.31. The summed E-state index contributed by atoms with van der Waals surface area (Å²) in [5, 5.41) is 28.6. The van der Waals surface area contributed by atoms with E-state index in [2.05, 4.69) is 29.4 Å². The van der Waals surface area contributed by atoms with Gasteiger partial charge in [0.2, 0.25) is 0 Å². The second kappa shape index (κ2) is 10.1. The number of nitrogen functional groups attached to an aromatic ring is 2. The van der Waals surface area contributed by atoms with Crippen LogP contribution in [0.15, 0.2) is 89.3 Å². The van der Waals surface area contributed by atoms with Crippen molar-refractivity contribution < 1.29 is 0 Å². The second-order valence-corrected chi connectivity index (χ2v) is 9.76. The van der Waals surface area contributed by atoms with E-state index in [1.807, 2.05) is 66.7 Å². The highest BCUT2D eigenvalue weighted by molar-refractivity contribution is 7.79. The lowest BCUT2D eigenvalue weighted by Gasteiger charge is -2.24. The first-order chi connectivity index (χ1) is 19.9. The Balaban J connectivity index is 1.65. The van der Waals surface area contributed by atoms with E-state index < -0.39 is 0 Å². The Hall–Kier alpha value is -5.70. The number of fused-ring (bicyclic) bond motifs is 3. The van der Waals surface area contributed by atoms with Gasteiger partial charge < -0.3 is 11.5 Å². The van der Waals surface area contributed by atoms with Crippen molar-refractivity contribution >= 4 is 58.2 Å². The number of benzene rings is 4. The molecule has 5 N–H and O–H groups in total. The van der Waals surface area contributed by atoms with Crippen molar-refractivity contribution in [2.24, 2.45) is 4.40 Å². The molecule has 41 heavy (non-hydrogen) atoms. The van der Waals surface area contributed by atoms with Gasteiger partial charge in [-0.15, -0.1) is 0 Å². The van der Waals surface area contributed by atoms with Crippen molar-refractivity contribution in [3.8, 4) is 34.5 Å². The minimum atomic E-state index is 0.214. The molecule has 1 aromatic heterocycles. The van der Waals surface area contributed by atoms with Crippen LogP contribution in [0.25, 0.3) is 44.9 Å². The molecule has 0 aliphatic heterocycles. The van der Waals surface area contributed by atoms with Gasteiger partial charge in [-0.25, -0.2) is 9.38 Å². The molecule has 0 radical (unpaired) electrons. The molecule has 6 rings (SSSR count). The Bertz CT molecular complexity index is 2020. The van der Waals surface area contributed by atoms with Crippen LogP contribution in [0.1, 0.15) is 27.8 Å². The van der Waals surface area contributed by atoms with Crippen LogP contribution in [0.5, 0.6) is 0 Å². The molecule has 7 nitrogen and oxygen atoms in total. The predicted molar refractivity (Wildman–Crippen MR) is 168 cm³/mol. The molecule has 194 valence electrons. The fraction of sp³-hybridized carbons (Fsp3) is 0. The summed E-state index contributed by atoms with van der Waals surface area (Å²) in [5.41, 5.74) is 21.6. The second-order valence-electron chi connectivity index (χ2n) is 9.56. The van der Waals surface area contributed by atoms with Crippen LogP contribution in [0.3, 0.4) is 0 Å². The van der Waals surface area contributed by atoms with Crippen molar-refractivity contribution in [2.45, 2.75) is 0 Å². The first-order valence-corrected chi connectivity index (χ1v) is 13.0. The van der Waals surface area contributed by atoms with Crippen molar-refractivity contribution in [3.05, 3.63) is 113 Å². The number of aromatic nitrogens is 1. The normalized spacial score (nSPS) is 13.4. The molecular weight excluding hydrogens is 526 g/mol. The Morgan fingerprint density at radius 2 is 1.41 bits per heavy atom. The molecule has 1 aliphatic rings. The van der Waals surface area contributed by atoms with Gasteiger partial charge >= 0.3 is 0 Å².